The first-order valence-electron chi connectivity index (χ1n) is 10.9. The zero-order chi connectivity index (χ0) is 24.8. The van der Waals surface area contributed by atoms with E-state index in [9.17, 15) is 14.7 Å². The molecule has 0 saturated carbocycles. The Morgan fingerprint density at radius 1 is 1.11 bits per heavy atom. The van der Waals surface area contributed by atoms with Gasteiger partial charge in [0, 0.05) is 18.5 Å². The van der Waals surface area contributed by atoms with Crippen molar-refractivity contribution in [3.63, 3.8) is 0 Å². The highest BCUT2D eigenvalue weighted by Gasteiger charge is 2.23. The second-order valence-electron chi connectivity index (χ2n) is 7.73. The van der Waals surface area contributed by atoms with E-state index in [0.717, 1.165) is 17.4 Å². The van der Waals surface area contributed by atoms with Crippen molar-refractivity contribution in [1.29, 1.82) is 0 Å². The maximum Gasteiger partial charge on any atom is 0.303 e. The van der Waals surface area contributed by atoms with E-state index in [-0.39, 0.29) is 31.1 Å². The lowest BCUT2D eigenvalue weighted by molar-refractivity contribution is -0.137. The lowest BCUT2D eigenvalue weighted by atomic mass is 10.1. The van der Waals surface area contributed by atoms with Gasteiger partial charge in [0.05, 0.1) is 11.4 Å². The molecule has 10 heteroatoms. The first-order valence-corrected chi connectivity index (χ1v) is 10.9. The standard InChI is InChI=1S/C25H24N6O4/c1-2-20(32)27-14-17(10-13-21(33)34)31-25-22(24(26)28-15-29-25)23(30-31)16-8-11-19(12-9-16)35-18-6-4-3-5-7-18/h2-9,11-12,15,17H,1,10,13-14H2,(H,27,32)(H,33,34)(H2,26,28,29)/t17-/m1/s1. The number of fused-ring (bicyclic) bond motifs is 1. The Hall–Kier alpha value is -4.73. The quantitative estimate of drug-likeness (QED) is 0.297. The zero-order valence-electron chi connectivity index (χ0n) is 18.8. The first-order chi connectivity index (χ1) is 17.0. The molecule has 0 spiro atoms. The van der Waals surface area contributed by atoms with Crippen LogP contribution in [0.25, 0.3) is 22.3 Å². The molecule has 0 saturated heterocycles. The number of nitrogens with two attached hydrogens (primary N) is 1. The van der Waals surface area contributed by atoms with Gasteiger partial charge in [0.2, 0.25) is 5.91 Å². The van der Waals surface area contributed by atoms with E-state index in [1.807, 2.05) is 54.6 Å². The van der Waals surface area contributed by atoms with Gasteiger partial charge < -0.3 is 20.9 Å². The average Bonchev–Trinajstić information content (AvgIpc) is 3.25. The number of ether oxygens (including phenoxy) is 1. The number of nitrogens with one attached hydrogen (secondary N) is 1. The van der Waals surface area contributed by atoms with Crippen molar-refractivity contribution in [2.45, 2.75) is 18.9 Å². The summed E-state index contributed by atoms with van der Waals surface area (Å²) in [5, 5.41) is 17.2. The number of carbonyl (C=O) groups excluding carboxylic acids is 1. The third-order valence-corrected chi connectivity index (χ3v) is 5.36. The van der Waals surface area contributed by atoms with Gasteiger partial charge in [-0.1, -0.05) is 24.8 Å². The summed E-state index contributed by atoms with van der Waals surface area (Å²) in [5.41, 5.74) is 7.94. The number of carboxylic acids is 1. The minimum absolute atomic E-state index is 0.114. The Kier molecular flexibility index (Phi) is 7.01. The van der Waals surface area contributed by atoms with E-state index in [1.54, 1.807) is 4.68 Å². The van der Waals surface area contributed by atoms with Gasteiger partial charge in [-0.15, -0.1) is 0 Å². The molecule has 4 rings (SSSR count). The molecule has 35 heavy (non-hydrogen) atoms. The molecule has 178 valence electrons. The number of benzene rings is 2. The largest absolute Gasteiger partial charge is 0.481 e. The second kappa shape index (κ2) is 10.5. The van der Waals surface area contributed by atoms with Crippen LogP contribution in [-0.2, 0) is 9.59 Å². The van der Waals surface area contributed by atoms with Gasteiger partial charge in [-0.05, 0) is 48.9 Å². The van der Waals surface area contributed by atoms with Crippen LogP contribution in [0.15, 0.2) is 73.6 Å². The molecular weight excluding hydrogens is 448 g/mol. The third-order valence-electron chi connectivity index (χ3n) is 5.36. The lowest BCUT2D eigenvalue weighted by Crippen LogP contribution is -2.30. The van der Waals surface area contributed by atoms with Crippen LogP contribution in [0.1, 0.15) is 18.9 Å². The number of aliphatic carboxylic acids is 1. The molecule has 4 aromatic rings. The smallest absolute Gasteiger partial charge is 0.303 e. The molecule has 0 bridgehead atoms. The minimum atomic E-state index is -0.954. The Balaban J connectivity index is 1.71. The van der Waals surface area contributed by atoms with E-state index in [2.05, 4.69) is 21.9 Å². The summed E-state index contributed by atoms with van der Waals surface area (Å²) in [4.78, 5) is 31.5. The molecule has 0 aliphatic heterocycles. The number of aromatic nitrogens is 4. The van der Waals surface area contributed by atoms with Crippen LogP contribution < -0.4 is 15.8 Å². The van der Waals surface area contributed by atoms with Crippen LogP contribution in [0.2, 0.25) is 0 Å². The topological polar surface area (TPSA) is 145 Å². The number of amides is 1. The molecule has 2 aromatic heterocycles. The molecule has 0 radical (unpaired) electrons. The van der Waals surface area contributed by atoms with Crippen molar-refractivity contribution < 1.29 is 19.4 Å². The maximum absolute atomic E-state index is 11.8. The van der Waals surface area contributed by atoms with E-state index >= 15 is 0 Å². The van der Waals surface area contributed by atoms with Gasteiger partial charge >= 0.3 is 5.97 Å². The molecule has 0 aliphatic carbocycles. The molecule has 0 fully saturated rings. The van der Waals surface area contributed by atoms with Gasteiger partial charge in [0.1, 0.15) is 29.3 Å². The Morgan fingerprint density at radius 2 is 1.83 bits per heavy atom. The first kappa shape index (κ1) is 23.4. The third kappa shape index (κ3) is 5.44. The van der Waals surface area contributed by atoms with Crippen molar-refractivity contribution >= 4 is 28.7 Å². The van der Waals surface area contributed by atoms with E-state index < -0.39 is 12.0 Å². The van der Waals surface area contributed by atoms with Crippen LogP contribution in [-0.4, -0.2) is 43.3 Å². The highest BCUT2D eigenvalue weighted by atomic mass is 16.5. The van der Waals surface area contributed by atoms with Crippen molar-refractivity contribution in [3.05, 3.63) is 73.6 Å². The maximum atomic E-state index is 11.8. The Labute approximate surface area is 201 Å². The predicted octanol–water partition coefficient (Wildman–Crippen LogP) is 3.58. The van der Waals surface area contributed by atoms with E-state index in [0.29, 0.717) is 22.5 Å². The highest BCUT2D eigenvalue weighted by Crippen LogP contribution is 2.33. The van der Waals surface area contributed by atoms with Gasteiger partial charge in [-0.3, -0.25) is 9.59 Å². The molecule has 0 aliphatic rings. The predicted molar refractivity (Wildman–Crippen MR) is 131 cm³/mol. The molecule has 1 atom stereocenters. The number of hydrogen-bond donors (Lipinski definition) is 3. The SMILES string of the molecule is C=CC(=O)NC[C@@H](CCC(=O)O)n1nc(-c2ccc(Oc3ccccc3)cc2)c2c(N)ncnc21. The number of carbonyl (C=O) groups is 2. The number of para-hydroxylation sites is 1. The summed E-state index contributed by atoms with van der Waals surface area (Å²) in [6, 6.07) is 16.3. The summed E-state index contributed by atoms with van der Waals surface area (Å²) < 4.78 is 7.46. The normalized spacial score (nSPS) is 11.7. The number of anilines is 1. The fourth-order valence-corrected chi connectivity index (χ4v) is 3.65. The highest BCUT2D eigenvalue weighted by molar-refractivity contribution is 5.98. The van der Waals surface area contributed by atoms with Crippen molar-refractivity contribution in [1.82, 2.24) is 25.1 Å². The van der Waals surface area contributed by atoms with Gasteiger partial charge in [-0.2, -0.15) is 5.10 Å². The number of hydrogen-bond acceptors (Lipinski definition) is 7. The zero-order valence-corrected chi connectivity index (χ0v) is 18.8. The van der Waals surface area contributed by atoms with Crippen molar-refractivity contribution in [2.75, 3.05) is 12.3 Å². The number of rotatable bonds is 10. The average molecular weight is 473 g/mol. The molecular formula is C25H24N6O4. The summed E-state index contributed by atoms with van der Waals surface area (Å²) in [6.45, 7) is 3.59. The number of nitrogens with zero attached hydrogens (tertiary/aromatic N) is 4. The van der Waals surface area contributed by atoms with Crippen LogP contribution in [0, 0.1) is 0 Å². The number of carboxylic acid groups (broad SMARTS) is 1. The van der Waals surface area contributed by atoms with Crippen LogP contribution in [0.5, 0.6) is 11.5 Å². The molecule has 1 amide bonds. The van der Waals surface area contributed by atoms with E-state index in [4.69, 9.17) is 15.6 Å². The van der Waals surface area contributed by atoms with Crippen LogP contribution >= 0.6 is 0 Å². The molecule has 2 heterocycles. The van der Waals surface area contributed by atoms with Crippen LogP contribution in [0.3, 0.4) is 0 Å². The lowest BCUT2D eigenvalue weighted by Gasteiger charge is -2.17. The molecule has 10 nitrogen and oxygen atoms in total. The van der Waals surface area contributed by atoms with Gasteiger partial charge in [-0.25, -0.2) is 14.6 Å². The van der Waals surface area contributed by atoms with E-state index in [1.165, 1.54) is 6.33 Å². The summed E-state index contributed by atoms with van der Waals surface area (Å²) in [5.74, 6) is 0.290. The molecule has 4 N–H and O–H groups in total. The summed E-state index contributed by atoms with van der Waals surface area (Å²) in [7, 11) is 0. The van der Waals surface area contributed by atoms with Gasteiger partial charge in [0.25, 0.3) is 0 Å². The monoisotopic (exact) mass is 472 g/mol. The minimum Gasteiger partial charge on any atom is -0.481 e. The summed E-state index contributed by atoms with van der Waals surface area (Å²) in [6.07, 6.45) is 2.58. The summed E-state index contributed by atoms with van der Waals surface area (Å²) >= 11 is 0. The second-order valence-corrected chi connectivity index (χ2v) is 7.73. The molecule has 0 unspecified atom stereocenters. The number of nitrogen functional groups attached to an aromatic ring is 1. The molecule has 2 aromatic carbocycles. The van der Waals surface area contributed by atoms with Crippen molar-refractivity contribution in [2.24, 2.45) is 0 Å². The Bertz CT molecular complexity index is 1350. The Morgan fingerprint density at radius 3 is 2.51 bits per heavy atom. The fourth-order valence-electron chi connectivity index (χ4n) is 3.65. The van der Waals surface area contributed by atoms with Crippen LogP contribution in [0.4, 0.5) is 5.82 Å². The van der Waals surface area contributed by atoms with Crippen molar-refractivity contribution in [3.8, 4) is 22.8 Å². The van der Waals surface area contributed by atoms with Gasteiger partial charge in [0.15, 0.2) is 5.65 Å². The fraction of sp³-hybridized carbons (Fsp3) is 0.160.